The number of ether oxygens (including phenoxy) is 2. The summed E-state index contributed by atoms with van der Waals surface area (Å²) in [5, 5.41) is 0. The van der Waals surface area contributed by atoms with Crippen molar-refractivity contribution in [2.45, 2.75) is 0 Å². The zero-order valence-corrected chi connectivity index (χ0v) is 9.00. The molecule has 6 heteroatoms. The minimum absolute atomic E-state index is 0.252. The summed E-state index contributed by atoms with van der Waals surface area (Å²) in [4.78, 5) is 34.7. The second kappa shape index (κ2) is 4.25. The third-order valence-corrected chi connectivity index (χ3v) is 2.30. The van der Waals surface area contributed by atoms with E-state index in [2.05, 4.69) is 9.47 Å². The van der Waals surface area contributed by atoms with Crippen molar-refractivity contribution in [2.24, 2.45) is 0 Å². The number of carbonyl (C=O) groups excluding carboxylic acids is 3. The predicted molar refractivity (Wildman–Crippen MR) is 56.6 cm³/mol. The average Bonchev–Trinajstić information content (AvgIpc) is 2.68. The number of esters is 1. The molecule has 6 nitrogen and oxygen atoms in total. The van der Waals surface area contributed by atoms with E-state index in [0.29, 0.717) is 11.3 Å². The van der Waals surface area contributed by atoms with E-state index in [4.69, 9.17) is 0 Å². The summed E-state index contributed by atoms with van der Waals surface area (Å²) in [5.74, 6) is -0.910. The van der Waals surface area contributed by atoms with Crippen molar-refractivity contribution in [1.82, 2.24) is 0 Å². The van der Waals surface area contributed by atoms with Crippen LogP contribution in [0.1, 0.15) is 10.4 Å². The lowest BCUT2D eigenvalue weighted by atomic mass is 10.2. The van der Waals surface area contributed by atoms with Crippen molar-refractivity contribution >= 4 is 23.7 Å². The number of methoxy groups -OCH3 is 1. The second-order valence-electron chi connectivity index (χ2n) is 3.32. The van der Waals surface area contributed by atoms with Crippen LogP contribution in [-0.4, -0.2) is 31.7 Å². The van der Waals surface area contributed by atoms with Crippen LogP contribution in [0.25, 0.3) is 0 Å². The molecule has 1 aromatic rings. The molecule has 2 amide bonds. The van der Waals surface area contributed by atoms with Crippen molar-refractivity contribution < 1.29 is 23.9 Å². The monoisotopic (exact) mass is 235 g/mol. The molecular formula is C11H9NO5. The molecular weight excluding hydrogens is 226 g/mol. The van der Waals surface area contributed by atoms with Crippen LogP contribution in [0, 0.1) is 0 Å². The molecule has 0 saturated carbocycles. The van der Waals surface area contributed by atoms with Crippen LogP contribution in [0.4, 0.5) is 10.5 Å². The van der Waals surface area contributed by atoms with E-state index in [1.165, 1.54) is 31.4 Å². The number of hydrogen-bond donors (Lipinski definition) is 0. The maximum Gasteiger partial charge on any atom is 0.421 e. The normalized spacial score (nSPS) is 14.8. The van der Waals surface area contributed by atoms with Crippen molar-refractivity contribution in [3.8, 4) is 0 Å². The van der Waals surface area contributed by atoms with Crippen molar-refractivity contribution in [3.63, 3.8) is 0 Å². The third-order valence-electron chi connectivity index (χ3n) is 2.30. The summed E-state index contributed by atoms with van der Waals surface area (Å²) in [7, 11) is 1.28. The number of amides is 2. The molecule has 0 unspecified atom stereocenters. The Bertz CT molecular complexity index is 463. The van der Waals surface area contributed by atoms with Crippen LogP contribution in [0.3, 0.4) is 0 Å². The molecule has 1 aliphatic rings. The van der Waals surface area contributed by atoms with Gasteiger partial charge in [0.15, 0.2) is 6.61 Å². The molecule has 88 valence electrons. The van der Waals surface area contributed by atoms with Crippen molar-refractivity contribution in [2.75, 3.05) is 18.6 Å². The molecule has 0 atom stereocenters. The van der Waals surface area contributed by atoms with Gasteiger partial charge in [0.25, 0.3) is 5.91 Å². The van der Waals surface area contributed by atoms with E-state index in [0.717, 1.165) is 4.90 Å². The maximum absolute atomic E-state index is 11.3. The van der Waals surface area contributed by atoms with E-state index < -0.39 is 18.0 Å². The Morgan fingerprint density at radius 2 is 1.94 bits per heavy atom. The molecule has 1 heterocycles. The zero-order chi connectivity index (χ0) is 12.4. The molecule has 17 heavy (non-hydrogen) atoms. The van der Waals surface area contributed by atoms with Crippen LogP contribution < -0.4 is 4.90 Å². The summed E-state index contributed by atoms with van der Waals surface area (Å²) in [6, 6.07) is 5.91. The Morgan fingerprint density at radius 1 is 1.29 bits per heavy atom. The number of nitrogens with zero attached hydrogens (tertiary/aromatic N) is 1. The van der Waals surface area contributed by atoms with Gasteiger partial charge in [-0.05, 0) is 24.3 Å². The summed E-state index contributed by atoms with van der Waals surface area (Å²) in [5.41, 5.74) is 0.710. The molecule has 2 rings (SSSR count). The fraction of sp³-hybridized carbons (Fsp3) is 0.182. The molecule has 1 aromatic carbocycles. The second-order valence-corrected chi connectivity index (χ2v) is 3.32. The van der Waals surface area contributed by atoms with Gasteiger partial charge in [0, 0.05) is 0 Å². The molecule has 0 radical (unpaired) electrons. The first-order chi connectivity index (χ1) is 8.13. The molecule has 0 aliphatic carbocycles. The van der Waals surface area contributed by atoms with Gasteiger partial charge < -0.3 is 9.47 Å². The number of rotatable bonds is 2. The topological polar surface area (TPSA) is 72.9 Å². The highest BCUT2D eigenvalue weighted by Crippen LogP contribution is 2.20. The Kier molecular flexibility index (Phi) is 2.78. The van der Waals surface area contributed by atoms with Crippen molar-refractivity contribution in [3.05, 3.63) is 29.8 Å². The number of anilines is 1. The molecule has 1 saturated heterocycles. The fourth-order valence-electron chi connectivity index (χ4n) is 1.47. The maximum atomic E-state index is 11.3. The number of imide groups is 1. The van der Waals surface area contributed by atoms with Gasteiger partial charge in [-0.15, -0.1) is 0 Å². The summed E-state index contributed by atoms with van der Waals surface area (Å²) >= 11 is 0. The number of benzene rings is 1. The van der Waals surface area contributed by atoms with Crippen LogP contribution >= 0.6 is 0 Å². The largest absolute Gasteiger partial charge is 0.465 e. The van der Waals surface area contributed by atoms with Crippen molar-refractivity contribution in [1.29, 1.82) is 0 Å². The van der Waals surface area contributed by atoms with Gasteiger partial charge in [-0.2, -0.15) is 0 Å². The van der Waals surface area contributed by atoms with Gasteiger partial charge in [-0.1, -0.05) is 0 Å². The lowest BCUT2D eigenvalue weighted by Crippen LogP contribution is -2.28. The predicted octanol–water partition coefficient (Wildman–Crippen LogP) is 0.956. The Balaban J connectivity index is 2.26. The van der Waals surface area contributed by atoms with Gasteiger partial charge in [0.2, 0.25) is 0 Å². The lowest BCUT2D eigenvalue weighted by molar-refractivity contribution is -0.117. The number of cyclic esters (lactones) is 1. The molecule has 1 aliphatic heterocycles. The number of carbonyl (C=O) groups is 3. The van der Waals surface area contributed by atoms with Gasteiger partial charge in [0.1, 0.15) is 0 Å². The highest BCUT2D eigenvalue weighted by molar-refractivity contribution is 6.16. The van der Waals surface area contributed by atoms with Crippen LogP contribution in [0.2, 0.25) is 0 Å². The zero-order valence-electron chi connectivity index (χ0n) is 9.00. The summed E-state index contributed by atoms with van der Waals surface area (Å²) in [6.07, 6.45) is -0.708. The Labute approximate surface area is 96.7 Å². The molecule has 0 N–H and O–H groups in total. The first-order valence-corrected chi connectivity index (χ1v) is 4.81. The number of hydrogen-bond acceptors (Lipinski definition) is 5. The first kappa shape index (κ1) is 11.1. The molecule has 0 spiro atoms. The average molecular weight is 235 g/mol. The van der Waals surface area contributed by atoms with E-state index in [-0.39, 0.29) is 6.61 Å². The minimum atomic E-state index is -0.708. The van der Waals surface area contributed by atoms with E-state index >= 15 is 0 Å². The summed E-state index contributed by atoms with van der Waals surface area (Å²) in [6.45, 7) is -0.252. The SMILES string of the molecule is COC(=O)c1ccc(N2C(=O)COC2=O)cc1. The molecule has 1 fully saturated rings. The van der Waals surface area contributed by atoms with E-state index in [9.17, 15) is 14.4 Å². The molecule has 0 bridgehead atoms. The van der Waals surface area contributed by atoms with Crippen LogP contribution in [0.5, 0.6) is 0 Å². The van der Waals surface area contributed by atoms with Gasteiger partial charge in [-0.3, -0.25) is 4.79 Å². The molecule has 0 aromatic heterocycles. The van der Waals surface area contributed by atoms with Gasteiger partial charge >= 0.3 is 12.1 Å². The van der Waals surface area contributed by atoms with Gasteiger partial charge in [0.05, 0.1) is 18.4 Å². The highest BCUT2D eigenvalue weighted by atomic mass is 16.6. The lowest BCUT2D eigenvalue weighted by Gasteiger charge is -2.10. The van der Waals surface area contributed by atoms with E-state index in [1.807, 2.05) is 0 Å². The first-order valence-electron chi connectivity index (χ1n) is 4.81. The van der Waals surface area contributed by atoms with Crippen LogP contribution in [-0.2, 0) is 14.3 Å². The highest BCUT2D eigenvalue weighted by Gasteiger charge is 2.32. The fourth-order valence-corrected chi connectivity index (χ4v) is 1.47. The smallest absolute Gasteiger partial charge is 0.421 e. The minimum Gasteiger partial charge on any atom is -0.465 e. The summed E-state index contributed by atoms with van der Waals surface area (Å²) < 4.78 is 9.11. The van der Waals surface area contributed by atoms with Crippen LogP contribution in [0.15, 0.2) is 24.3 Å². The quantitative estimate of drug-likeness (QED) is 0.714. The van der Waals surface area contributed by atoms with E-state index in [1.54, 1.807) is 0 Å². The van der Waals surface area contributed by atoms with Gasteiger partial charge in [-0.25, -0.2) is 14.5 Å². The third kappa shape index (κ3) is 1.96. The standard InChI is InChI=1S/C11H9NO5/c1-16-10(14)7-2-4-8(5-3-7)12-9(13)6-17-11(12)15/h2-5H,6H2,1H3. The Morgan fingerprint density at radius 3 is 2.41 bits per heavy atom. The Hall–Kier alpha value is -2.37.